The van der Waals surface area contributed by atoms with E-state index in [4.69, 9.17) is 19.7 Å². The smallest absolute Gasteiger partial charge is 0.119 e. The van der Waals surface area contributed by atoms with E-state index >= 15 is 0 Å². The quantitative estimate of drug-likeness (QED) is 0.108. The lowest BCUT2D eigenvalue weighted by atomic mass is 10.1. The normalized spacial score (nSPS) is 11.2. The molecule has 226 valence electrons. The number of hydrogen-bond acceptors (Lipinski definition) is 4. The van der Waals surface area contributed by atoms with E-state index in [0.29, 0.717) is 13.2 Å². The zero-order valence-electron chi connectivity index (χ0n) is 25.3. The first-order valence-corrected chi connectivity index (χ1v) is 16.5. The number of unbranched alkanes of at least 4 members (excludes halogenated alkanes) is 18. The largest absolute Gasteiger partial charge is 0.494 e. The van der Waals surface area contributed by atoms with Crippen molar-refractivity contribution >= 4 is 0 Å². The van der Waals surface area contributed by atoms with E-state index in [1.165, 1.54) is 114 Å². The Labute approximate surface area is 245 Å². The van der Waals surface area contributed by atoms with Gasteiger partial charge in [0.2, 0.25) is 0 Å². The maximum Gasteiger partial charge on any atom is 0.119 e. The van der Waals surface area contributed by atoms with Crippen molar-refractivity contribution in [2.45, 2.75) is 128 Å². The van der Waals surface area contributed by atoms with Crippen molar-refractivity contribution in [3.63, 3.8) is 0 Å². The molecule has 0 aromatic heterocycles. The first-order valence-electron chi connectivity index (χ1n) is 16.5. The molecule has 2 N–H and O–H groups in total. The van der Waals surface area contributed by atoms with Gasteiger partial charge in [0.05, 0.1) is 13.2 Å². The summed E-state index contributed by atoms with van der Waals surface area (Å²) in [5.41, 5.74) is 2.40. The summed E-state index contributed by atoms with van der Waals surface area (Å²) in [5.74, 6) is 1.90. The highest BCUT2D eigenvalue weighted by Crippen LogP contribution is 2.25. The van der Waals surface area contributed by atoms with Crippen LogP contribution in [0.4, 0.5) is 0 Å². The molecule has 0 atom stereocenters. The lowest BCUT2D eigenvalue weighted by Gasteiger charge is -2.09. The molecular weight excluding hydrogens is 496 g/mol. The van der Waals surface area contributed by atoms with Gasteiger partial charge in [0.25, 0.3) is 0 Å². The Morgan fingerprint density at radius 3 is 0.850 bits per heavy atom. The van der Waals surface area contributed by atoms with E-state index < -0.39 is 0 Å². The van der Waals surface area contributed by atoms with Crippen molar-refractivity contribution < 1.29 is 19.7 Å². The average Bonchev–Trinajstić information content (AvgIpc) is 2.99. The van der Waals surface area contributed by atoms with Crippen molar-refractivity contribution in [3.8, 4) is 22.6 Å². The lowest BCUT2D eigenvalue weighted by Crippen LogP contribution is -1.97. The van der Waals surface area contributed by atoms with E-state index in [2.05, 4.69) is 48.5 Å². The molecule has 0 radical (unpaired) electrons. The van der Waals surface area contributed by atoms with Crippen LogP contribution in [0.15, 0.2) is 48.5 Å². The third kappa shape index (κ3) is 17.6. The van der Waals surface area contributed by atoms with Crippen LogP contribution in [0.1, 0.15) is 128 Å². The molecule has 0 aliphatic heterocycles. The van der Waals surface area contributed by atoms with Crippen LogP contribution in [0.25, 0.3) is 11.1 Å². The maximum absolute atomic E-state index is 8.80. The standard InChI is InChI=1S/C36H58O4/c37-29-17-13-9-5-1-3-7-11-15-19-31-39-35-25-21-33(22-26-35)34-23-27-36(28-24-34)40-32-20-16-12-8-4-2-6-10-14-18-30-38/h21-28,37-38H,1-20,29-32H2. The SMILES string of the molecule is OCCCCCCCCCCCCOc1ccc(-c2ccc(OCCCCCCCCCCCCO)cc2)cc1. The molecule has 0 saturated heterocycles. The number of benzene rings is 2. The average molecular weight is 555 g/mol. The summed E-state index contributed by atoms with van der Waals surface area (Å²) in [6.45, 7) is 2.26. The number of rotatable bonds is 27. The summed E-state index contributed by atoms with van der Waals surface area (Å²) in [5, 5.41) is 17.6. The number of hydrogen-bond donors (Lipinski definition) is 2. The van der Waals surface area contributed by atoms with Gasteiger partial charge in [-0.25, -0.2) is 0 Å². The summed E-state index contributed by atoms with van der Waals surface area (Å²) < 4.78 is 11.9. The molecule has 0 bridgehead atoms. The Hall–Kier alpha value is -2.04. The molecule has 2 aromatic rings. The van der Waals surface area contributed by atoms with Gasteiger partial charge >= 0.3 is 0 Å². The molecule has 4 heteroatoms. The summed E-state index contributed by atoms with van der Waals surface area (Å²) in [4.78, 5) is 0. The molecule has 2 aromatic carbocycles. The van der Waals surface area contributed by atoms with Crippen molar-refractivity contribution in [2.24, 2.45) is 0 Å². The van der Waals surface area contributed by atoms with Gasteiger partial charge in [-0.2, -0.15) is 0 Å². The van der Waals surface area contributed by atoms with Crippen molar-refractivity contribution in [2.75, 3.05) is 26.4 Å². The summed E-state index contributed by atoms with van der Waals surface area (Å²) in [6, 6.07) is 16.9. The van der Waals surface area contributed by atoms with Gasteiger partial charge in [-0.15, -0.1) is 0 Å². The molecule has 0 fully saturated rings. The molecule has 0 amide bonds. The van der Waals surface area contributed by atoms with Crippen LogP contribution < -0.4 is 9.47 Å². The maximum atomic E-state index is 8.80. The fourth-order valence-electron chi connectivity index (χ4n) is 5.12. The fourth-order valence-corrected chi connectivity index (χ4v) is 5.12. The summed E-state index contributed by atoms with van der Waals surface area (Å²) in [6.07, 6.45) is 24.7. The molecule has 0 aliphatic rings. The van der Waals surface area contributed by atoms with Gasteiger partial charge in [0, 0.05) is 13.2 Å². The van der Waals surface area contributed by atoms with Gasteiger partial charge in [0.15, 0.2) is 0 Å². The highest BCUT2D eigenvalue weighted by Gasteiger charge is 2.02. The van der Waals surface area contributed by atoms with Crippen molar-refractivity contribution in [1.82, 2.24) is 0 Å². The Bertz CT molecular complexity index is 733. The van der Waals surface area contributed by atoms with E-state index in [0.717, 1.165) is 50.4 Å². The minimum Gasteiger partial charge on any atom is -0.494 e. The molecule has 40 heavy (non-hydrogen) atoms. The van der Waals surface area contributed by atoms with E-state index in [1.807, 2.05) is 0 Å². The number of aliphatic hydroxyl groups is 2. The topological polar surface area (TPSA) is 58.9 Å². The van der Waals surface area contributed by atoms with Gasteiger partial charge < -0.3 is 19.7 Å². The predicted molar refractivity (Wildman–Crippen MR) is 169 cm³/mol. The molecule has 0 saturated carbocycles. The van der Waals surface area contributed by atoms with Crippen LogP contribution in [-0.2, 0) is 0 Å². The van der Waals surface area contributed by atoms with Gasteiger partial charge in [0.1, 0.15) is 11.5 Å². The first-order chi connectivity index (χ1) is 19.8. The molecule has 0 spiro atoms. The summed E-state index contributed by atoms with van der Waals surface area (Å²) in [7, 11) is 0. The first kappa shape index (κ1) is 34.2. The lowest BCUT2D eigenvalue weighted by molar-refractivity contribution is 0.282. The number of aliphatic hydroxyl groups excluding tert-OH is 2. The second-order valence-electron chi connectivity index (χ2n) is 11.3. The van der Waals surface area contributed by atoms with Crippen molar-refractivity contribution in [1.29, 1.82) is 0 Å². The Morgan fingerprint density at radius 1 is 0.325 bits per heavy atom. The van der Waals surface area contributed by atoms with Gasteiger partial charge in [-0.05, 0) is 61.1 Å². The molecule has 0 aliphatic carbocycles. The Balaban J connectivity index is 1.47. The second kappa shape index (κ2) is 24.7. The van der Waals surface area contributed by atoms with Crippen LogP contribution in [-0.4, -0.2) is 36.6 Å². The molecule has 4 nitrogen and oxygen atoms in total. The van der Waals surface area contributed by atoms with Gasteiger partial charge in [-0.3, -0.25) is 0 Å². The third-order valence-electron chi connectivity index (χ3n) is 7.68. The van der Waals surface area contributed by atoms with Crippen LogP contribution in [0, 0.1) is 0 Å². The molecule has 0 unspecified atom stereocenters. The van der Waals surface area contributed by atoms with Crippen LogP contribution in [0.3, 0.4) is 0 Å². The van der Waals surface area contributed by atoms with Crippen LogP contribution in [0.2, 0.25) is 0 Å². The van der Waals surface area contributed by atoms with Gasteiger partial charge in [-0.1, -0.05) is 127 Å². The molecular formula is C36H58O4. The monoisotopic (exact) mass is 554 g/mol. The van der Waals surface area contributed by atoms with E-state index in [9.17, 15) is 0 Å². The molecule has 2 rings (SSSR count). The number of ether oxygens (including phenoxy) is 2. The van der Waals surface area contributed by atoms with Crippen LogP contribution in [0.5, 0.6) is 11.5 Å². The molecule has 0 heterocycles. The third-order valence-corrected chi connectivity index (χ3v) is 7.68. The van der Waals surface area contributed by atoms with E-state index in [1.54, 1.807) is 0 Å². The fraction of sp³-hybridized carbons (Fsp3) is 0.667. The predicted octanol–water partition coefficient (Wildman–Crippen LogP) is 9.90. The highest BCUT2D eigenvalue weighted by molar-refractivity contribution is 5.64. The Morgan fingerprint density at radius 2 is 0.575 bits per heavy atom. The minimum absolute atomic E-state index is 0.339. The van der Waals surface area contributed by atoms with Crippen molar-refractivity contribution in [3.05, 3.63) is 48.5 Å². The highest BCUT2D eigenvalue weighted by atomic mass is 16.5. The zero-order chi connectivity index (χ0) is 28.4. The van der Waals surface area contributed by atoms with Crippen LogP contribution >= 0.6 is 0 Å². The Kier molecular flexibility index (Phi) is 21.1. The zero-order valence-corrected chi connectivity index (χ0v) is 25.3. The minimum atomic E-state index is 0.339. The second-order valence-corrected chi connectivity index (χ2v) is 11.3. The summed E-state index contributed by atoms with van der Waals surface area (Å²) >= 11 is 0. The van der Waals surface area contributed by atoms with E-state index in [-0.39, 0.29) is 0 Å².